The number of nitrogens with one attached hydrogen (secondary N) is 2. The molecule has 2 bridgehead atoms. The fourth-order valence-electron chi connectivity index (χ4n) is 5.72. The lowest BCUT2D eigenvalue weighted by atomic mass is 9.63. The van der Waals surface area contributed by atoms with Crippen molar-refractivity contribution in [2.24, 2.45) is 23.2 Å². The fourth-order valence-corrected chi connectivity index (χ4v) is 6.52. The Balaban J connectivity index is 1.57. The van der Waals surface area contributed by atoms with E-state index in [9.17, 15) is 4.79 Å². The van der Waals surface area contributed by atoms with E-state index in [4.69, 9.17) is 10.1 Å². The molecule has 0 heterocycles. The number of hydrogen-bond acceptors (Lipinski definition) is 3. The summed E-state index contributed by atoms with van der Waals surface area (Å²) in [7, 11) is 0. The van der Waals surface area contributed by atoms with Gasteiger partial charge < -0.3 is 10.1 Å². The van der Waals surface area contributed by atoms with Gasteiger partial charge in [0.2, 0.25) is 0 Å². The van der Waals surface area contributed by atoms with Gasteiger partial charge in [0.15, 0.2) is 12.5 Å². The lowest BCUT2D eigenvalue weighted by Gasteiger charge is -2.49. The molecule has 0 aromatic carbocycles. The summed E-state index contributed by atoms with van der Waals surface area (Å²) in [6.45, 7) is 6.62. The van der Waals surface area contributed by atoms with Gasteiger partial charge in [-0.2, -0.15) is 0 Å². The zero-order valence-electron chi connectivity index (χ0n) is 15.2. The third-order valence-electron chi connectivity index (χ3n) is 7.04. The molecule has 1 spiro atoms. The highest BCUT2D eigenvalue weighted by atomic mass is 127. The van der Waals surface area contributed by atoms with Gasteiger partial charge in [0.1, 0.15) is 0 Å². The first-order valence-electron chi connectivity index (χ1n) is 9.53. The van der Waals surface area contributed by atoms with Crippen LogP contribution in [0.5, 0.6) is 0 Å². The average Bonchev–Trinajstić information content (AvgIpc) is 3.09. The summed E-state index contributed by atoms with van der Waals surface area (Å²) in [5, 5.41) is 11.3. The number of carbonyl (C=O) groups is 1. The van der Waals surface area contributed by atoms with Gasteiger partial charge in [0, 0.05) is 5.54 Å². The largest absolute Gasteiger partial charge is 0.470 e. The third-order valence-corrected chi connectivity index (χ3v) is 8.23. The summed E-state index contributed by atoms with van der Waals surface area (Å²) in [6, 6.07) is 0. The Morgan fingerprint density at radius 3 is 2.71 bits per heavy atom. The molecule has 4 nitrogen and oxygen atoms in total. The number of halogens is 1. The molecule has 6 unspecified atom stereocenters. The van der Waals surface area contributed by atoms with E-state index in [0.29, 0.717) is 17.3 Å². The summed E-state index contributed by atoms with van der Waals surface area (Å²) >= 11 is 2.22. The number of alkyl halides is 1. The van der Waals surface area contributed by atoms with Crippen LogP contribution in [0.1, 0.15) is 65.7 Å². The molecule has 3 aliphatic carbocycles. The van der Waals surface area contributed by atoms with Crippen molar-refractivity contribution in [2.45, 2.75) is 75.2 Å². The van der Waals surface area contributed by atoms with E-state index in [2.05, 4.69) is 48.7 Å². The van der Waals surface area contributed by atoms with E-state index < -0.39 is 0 Å². The molecule has 3 fully saturated rings. The predicted octanol–water partition coefficient (Wildman–Crippen LogP) is 4.31. The second-order valence-corrected chi connectivity index (χ2v) is 9.86. The standard InChI is InChI=1S/C19H31IN2O2/c1-4-6-15(20)17(21)24-11-16(23)22-19(5-2)12(3)8-18-9-13(18)7-14(19)10-18/h12-15,21H,4-11H2,1-3H3,(H,22,23). The molecular formula is C19H31IN2O2. The summed E-state index contributed by atoms with van der Waals surface area (Å²) < 4.78 is 5.52. The zero-order chi connectivity index (χ0) is 17.5. The van der Waals surface area contributed by atoms with E-state index in [1.165, 1.54) is 25.7 Å². The van der Waals surface area contributed by atoms with Crippen molar-refractivity contribution in [3.63, 3.8) is 0 Å². The van der Waals surface area contributed by atoms with Gasteiger partial charge in [-0.1, -0.05) is 49.8 Å². The van der Waals surface area contributed by atoms with E-state index >= 15 is 0 Å². The van der Waals surface area contributed by atoms with Crippen molar-refractivity contribution in [3.05, 3.63) is 0 Å². The molecule has 0 radical (unpaired) electrons. The first-order chi connectivity index (χ1) is 11.4. The van der Waals surface area contributed by atoms with E-state index in [-0.39, 0.29) is 27.9 Å². The van der Waals surface area contributed by atoms with Gasteiger partial charge in [-0.25, -0.2) is 0 Å². The molecule has 24 heavy (non-hydrogen) atoms. The van der Waals surface area contributed by atoms with Crippen LogP contribution >= 0.6 is 22.6 Å². The Kier molecular flexibility index (Phi) is 5.20. The topological polar surface area (TPSA) is 62.2 Å². The Labute approximate surface area is 159 Å². The first kappa shape index (κ1) is 18.5. The number of amides is 1. The quantitative estimate of drug-likeness (QED) is 0.265. The van der Waals surface area contributed by atoms with Crippen molar-refractivity contribution in [1.29, 1.82) is 5.41 Å². The van der Waals surface area contributed by atoms with Crippen LogP contribution in [0.4, 0.5) is 0 Å². The van der Waals surface area contributed by atoms with Crippen molar-refractivity contribution in [1.82, 2.24) is 5.32 Å². The van der Waals surface area contributed by atoms with Crippen molar-refractivity contribution >= 4 is 34.4 Å². The number of ether oxygens (including phenoxy) is 1. The minimum absolute atomic E-state index is 0.0161. The number of fused-ring (bicyclic) bond motifs is 1. The molecule has 5 heteroatoms. The molecule has 3 rings (SSSR count). The molecule has 0 aromatic rings. The maximum absolute atomic E-state index is 12.5. The highest BCUT2D eigenvalue weighted by Crippen LogP contribution is 2.74. The second-order valence-electron chi connectivity index (χ2n) is 8.36. The molecule has 3 saturated carbocycles. The lowest BCUT2D eigenvalue weighted by molar-refractivity contribution is -0.128. The van der Waals surface area contributed by atoms with E-state index in [1.54, 1.807) is 0 Å². The minimum atomic E-state index is -0.0611. The second kappa shape index (κ2) is 6.76. The van der Waals surface area contributed by atoms with Crippen LogP contribution in [0.25, 0.3) is 0 Å². The van der Waals surface area contributed by atoms with Gasteiger partial charge in [-0.05, 0) is 61.7 Å². The molecule has 0 aromatic heterocycles. The monoisotopic (exact) mass is 446 g/mol. The minimum Gasteiger partial charge on any atom is -0.470 e. The average molecular weight is 446 g/mol. The van der Waals surface area contributed by atoms with Crippen molar-refractivity contribution in [3.8, 4) is 0 Å². The molecule has 136 valence electrons. The van der Waals surface area contributed by atoms with Gasteiger partial charge in [-0.3, -0.25) is 10.2 Å². The first-order valence-corrected chi connectivity index (χ1v) is 10.8. The third kappa shape index (κ3) is 3.10. The summed E-state index contributed by atoms with van der Waals surface area (Å²) in [4.78, 5) is 12.5. The zero-order valence-corrected chi connectivity index (χ0v) is 17.3. The Morgan fingerprint density at radius 1 is 1.33 bits per heavy atom. The summed E-state index contributed by atoms with van der Waals surface area (Å²) in [5.41, 5.74) is 0.579. The van der Waals surface area contributed by atoms with Crippen LogP contribution in [-0.4, -0.2) is 27.9 Å². The molecular weight excluding hydrogens is 415 g/mol. The van der Waals surface area contributed by atoms with Crippen LogP contribution in [0.3, 0.4) is 0 Å². The van der Waals surface area contributed by atoms with Gasteiger partial charge in [-0.15, -0.1) is 0 Å². The Morgan fingerprint density at radius 2 is 2.04 bits per heavy atom. The van der Waals surface area contributed by atoms with Crippen LogP contribution < -0.4 is 5.32 Å². The van der Waals surface area contributed by atoms with E-state index in [0.717, 1.165) is 25.2 Å². The number of hydrogen-bond donors (Lipinski definition) is 2. The summed E-state index contributed by atoms with van der Waals surface area (Å²) in [6.07, 6.45) is 8.23. The van der Waals surface area contributed by atoms with Crippen LogP contribution in [0.15, 0.2) is 0 Å². The molecule has 0 saturated heterocycles. The fraction of sp³-hybridized carbons (Fsp3) is 0.895. The van der Waals surface area contributed by atoms with Gasteiger partial charge >= 0.3 is 0 Å². The van der Waals surface area contributed by atoms with Crippen LogP contribution in [-0.2, 0) is 9.53 Å². The Bertz CT molecular complexity index is 525. The predicted molar refractivity (Wildman–Crippen MR) is 105 cm³/mol. The maximum Gasteiger partial charge on any atom is 0.258 e. The van der Waals surface area contributed by atoms with Crippen LogP contribution in [0, 0.1) is 28.6 Å². The SMILES string of the molecule is CCCC(I)C(=N)OCC(=O)NC1(CC)C(C)CC23CC2CC1C3. The van der Waals surface area contributed by atoms with Gasteiger partial charge in [0.05, 0.1) is 3.92 Å². The summed E-state index contributed by atoms with van der Waals surface area (Å²) in [5.74, 6) is 2.27. The smallest absolute Gasteiger partial charge is 0.258 e. The molecule has 3 aliphatic rings. The highest BCUT2D eigenvalue weighted by Gasteiger charge is 2.68. The molecule has 2 N–H and O–H groups in total. The number of rotatable bonds is 7. The number of carbonyl (C=O) groups excluding carboxylic acids is 1. The normalized spacial score (nSPS) is 40.6. The maximum atomic E-state index is 12.5. The van der Waals surface area contributed by atoms with Crippen LogP contribution in [0.2, 0.25) is 0 Å². The molecule has 0 aliphatic heterocycles. The molecule has 6 atom stereocenters. The van der Waals surface area contributed by atoms with Gasteiger partial charge in [0.25, 0.3) is 5.91 Å². The van der Waals surface area contributed by atoms with Crippen molar-refractivity contribution < 1.29 is 9.53 Å². The highest BCUT2D eigenvalue weighted by molar-refractivity contribution is 14.1. The van der Waals surface area contributed by atoms with Crippen molar-refractivity contribution in [2.75, 3.05) is 6.61 Å². The molecule has 1 amide bonds. The van der Waals surface area contributed by atoms with E-state index in [1.807, 2.05) is 0 Å². The lowest BCUT2D eigenvalue weighted by Crippen LogP contribution is -2.60. The Hall–Kier alpha value is -0.330.